The van der Waals surface area contributed by atoms with E-state index >= 15 is 0 Å². The smallest absolute Gasteiger partial charge is 0.387 e. The first-order valence-electron chi connectivity index (χ1n) is 6.05. The van der Waals surface area contributed by atoms with Gasteiger partial charge in [0.1, 0.15) is 5.75 Å². The Balaban J connectivity index is 2.42. The minimum Gasteiger partial charge on any atom is -0.434 e. The maximum absolute atomic E-state index is 12.4. The third-order valence-corrected chi connectivity index (χ3v) is 3.51. The Hall–Kier alpha value is -1.47. The molecule has 0 fully saturated rings. The third-order valence-electron chi connectivity index (χ3n) is 2.90. The van der Waals surface area contributed by atoms with Gasteiger partial charge in [-0.15, -0.1) is 0 Å². The molecule has 0 spiro atoms. The summed E-state index contributed by atoms with van der Waals surface area (Å²) in [6.07, 6.45) is 1.63. The van der Waals surface area contributed by atoms with Gasteiger partial charge in [0, 0.05) is 12.1 Å². The van der Waals surface area contributed by atoms with E-state index in [0.717, 1.165) is 10.2 Å². The van der Waals surface area contributed by atoms with Crippen molar-refractivity contribution in [3.05, 3.63) is 46.2 Å². The molecule has 0 bridgehead atoms. The number of benzene rings is 1. The highest BCUT2D eigenvalue weighted by Gasteiger charge is 2.21. The molecule has 108 valence electrons. The van der Waals surface area contributed by atoms with Gasteiger partial charge in [-0.05, 0) is 28.9 Å². The molecule has 0 radical (unpaired) electrons. The molecule has 1 aromatic heterocycles. The standard InChI is InChI=1S/C13H14BrF2N3O/c1-2-19-12(9(14)7-18-19)11(17)8-5-3-4-6-10(8)20-13(15)16/h3-7,11,13H,2,17H2,1H3. The van der Waals surface area contributed by atoms with Crippen LogP contribution in [0.15, 0.2) is 34.9 Å². The van der Waals surface area contributed by atoms with Crippen molar-refractivity contribution in [3.63, 3.8) is 0 Å². The number of halogens is 3. The zero-order valence-electron chi connectivity index (χ0n) is 10.8. The van der Waals surface area contributed by atoms with Crippen LogP contribution in [0.5, 0.6) is 5.75 Å². The number of hydrogen-bond acceptors (Lipinski definition) is 3. The molecule has 7 heteroatoms. The van der Waals surface area contributed by atoms with Crippen LogP contribution in [0.4, 0.5) is 8.78 Å². The number of nitrogens with two attached hydrogens (primary N) is 1. The highest BCUT2D eigenvalue weighted by Crippen LogP contribution is 2.32. The molecular formula is C13H14BrF2N3O. The molecule has 1 unspecified atom stereocenters. The molecule has 20 heavy (non-hydrogen) atoms. The second kappa shape index (κ2) is 6.32. The molecule has 0 saturated carbocycles. The molecule has 0 aliphatic carbocycles. The minimum atomic E-state index is -2.89. The van der Waals surface area contributed by atoms with Crippen LogP contribution in [0.25, 0.3) is 0 Å². The lowest BCUT2D eigenvalue weighted by atomic mass is 10.0. The molecule has 1 aromatic carbocycles. The molecule has 0 aliphatic rings. The summed E-state index contributed by atoms with van der Waals surface area (Å²) < 4.78 is 31.9. The fraction of sp³-hybridized carbons (Fsp3) is 0.308. The van der Waals surface area contributed by atoms with Crippen LogP contribution >= 0.6 is 15.9 Å². The highest BCUT2D eigenvalue weighted by atomic mass is 79.9. The van der Waals surface area contributed by atoms with Gasteiger partial charge >= 0.3 is 6.61 Å². The molecule has 2 rings (SSSR count). The maximum atomic E-state index is 12.4. The molecule has 0 amide bonds. The lowest BCUT2D eigenvalue weighted by Crippen LogP contribution is -2.19. The summed E-state index contributed by atoms with van der Waals surface area (Å²) in [5.41, 5.74) is 7.41. The van der Waals surface area contributed by atoms with Crippen molar-refractivity contribution in [3.8, 4) is 5.75 Å². The third kappa shape index (κ3) is 2.99. The van der Waals surface area contributed by atoms with Crippen LogP contribution in [-0.4, -0.2) is 16.4 Å². The summed E-state index contributed by atoms with van der Waals surface area (Å²) in [5.74, 6) is 0.0748. The van der Waals surface area contributed by atoms with Crippen LogP contribution in [0.1, 0.15) is 24.2 Å². The number of para-hydroxylation sites is 1. The first-order chi connectivity index (χ1) is 9.54. The number of aromatic nitrogens is 2. The van der Waals surface area contributed by atoms with Gasteiger partial charge in [-0.3, -0.25) is 4.68 Å². The summed E-state index contributed by atoms with van der Waals surface area (Å²) in [7, 11) is 0. The number of alkyl halides is 2. The number of hydrogen-bond donors (Lipinski definition) is 1. The zero-order chi connectivity index (χ0) is 14.7. The Labute approximate surface area is 123 Å². The van der Waals surface area contributed by atoms with Gasteiger partial charge in [-0.25, -0.2) is 0 Å². The molecular weight excluding hydrogens is 332 g/mol. The van der Waals surface area contributed by atoms with Crippen molar-refractivity contribution < 1.29 is 13.5 Å². The van der Waals surface area contributed by atoms with Gasteiger partial charge in [-0.2, -0.15) is 13.9 Å². The summed E-state index contributed by atoms with van der Waals surface area (Å²) in [6.45, 7) is -0.327. The van der Waals surface area contributed by atoms with Crippen molar-refractivity contribution in [2.75, 3.05) is 0 Å². The van der Waals surface area contributed by atoms with Crippen molar-refractivity contribution >= 4 is 15.9 Å². The van der Waals surface area contributed by atoms with Crippen LogP contribution in [0.2, 0.25) is 0 Å². The van der Waals surface area contributed by atoms with E-state index in [0.29, 0.717) is 12.1 Å². The fourth-order valence-corrected chi connectivity index (χ4v) is 2.56. The normalized spacial score (nSPS) is 12.7. The van der Waals surface area contributed by atoms with E-state index < -0.39 is 12.7 Å². The van der Waals surface area contributed by atoms with Crippen molar-refractivity contribution in [1.29, 1.82) is 0 Å². The Morgan fingerprint density at radius 3 is 2.75 bits per heavy atom. The Kier molecular flexibility index (Phi) is 4.72. The van der Waals surface area contributed by atoms with Crippen LogP contribution in [0.3, 0.4) is 0 Å². The van der Waals surface area contributed by atoms with Crippen molar-refractivity contribution in [2.24, 2.45) is 5.73 Å². The quantitative estimate of drug-likeness (QED) is 0.904. The predicted octanol–water partition coefficient (Wildman–Crippen LogP) is 3.32. The van der Waals surface area contributed by atoms with Crippen molar-refractivity contribution in [2.45, 2.75) is 26.1 Å². The predicted molar refractivity (Wildman–Crippen MR) is 74.7 cm³/mol. The average molecular weight is 346 g/mol. The minimum absolute atomic E-state index is 0.0748. The second-order valence-electron chi connectivity index (χ2n) is 4.09. The largest absolute Gasteiger partial charge is 0.434 e. The van der Waals surface area contributed by atoms with Gasteiger partial charge < -0.3 is 10.5 Å². The van der Waals surface area contributed by atoms with E-state index in [1.54, 1.807) is 29.1 Å². The Morgan fingerprint density at radius 1 is 1.40 bits per heavy atom. The first kappa shape index (κ1) is 14.9. The van der Waals surface area contributed by atoms with E-state index in [2.05, 4.69) is 25.8 Å². The molecule has 2 N–H and O–H groups in total. The van der Waals surface area contributed by atoms with Crippen LogP contribution in [-0.2, 0) is 6.54 Å². The van der Waals surface area contributed by atoms with Gasteiger partial charge in [-0.1, -0.05) is 18.2 Å². The molecule has 2 aromatic rings. The summed E-state index contributed by atoms with van der Waals surface area (Å²) in [6, 6.07) is 5.89. The van der Waals surface area contributed by atoms with E-state index in [4.69, 9.17) is 5.73 Å². The zero-order valence-corrected chi connectivity index (χ0v) is 12.3. The number of ether oxygens (including phenoxy) is 1. The highest BCUT2D eigenvalue weighted by molar-refractivity contribution is 9.10. The van der Waals surface area contributed by atoms with E-state index in [1.165, 1.54) is 6.07 Å². The average Bonchev–Trinajstić information content (AvgIpc) is 2.79. The van der Waals surface area contributed by atoms with E-state index in [1.807, 2.05) is 6.92 Å². The number of nitrogens with zero attached hydrogens (tertiary/aromatic N) is 2. The van der Waals surface area contributed by atoms with E-state index in [-0.39, 0.29) is 5.75 Å². The topological polar surface area (TPSA) is 53.1 Å². The van der Waals surface area contributed by atoms with Gasteiger partial charge in [0.25, 0.3) is 0 Å². The van der Waals surface area contributed by atoms with Gasteiger partial charge in [0.2, 0.25) is 0 Å². The monoisotopic (exact) mass is 345 g/mol. The SMILES string of the molecule is CCn1ncc(Br)c1C(N)c1ccccc1OC(F)F. The van der Waals surface area contributed by atoms with Gasteiger partial charge in [0.15, 0.2) is 0 Å². The first-order valence-corrected chi connectivity index (χ1v) is 6.84. The number of aryl methyl sites for hydroxylation is 1. The Morgan fingerprint density at radius 2 is 2.10 bits per heavy atom. The lowest BCUT2D eigenvalue weighted by Gasteiger charge is -2.18. The van der Waals surface area contributed by atoms with Crippen LogP contribution < -0.4 is 10.5 Å². The van der Waals surface area contributed by atoms with Crippen LogP contribution in [0, 0.1) is 0 Å². The maximum Gasteiger partial charge on any atom is 0.387 e. The second-order valence-corrected chi connectivity index (χ2v) is 4.94. The van der Waals surface area contributed by atoms with Gasteiger partial charge in [0.05, 0.1) is 22.4 Å². The summed E-state index contributed by atoms with van der Waals surface area (Å²) >= 11 is 3.38. The lowest BCUT2D eigenvalue weighted by molar-refractivity contribution is -0.0505. The molecule has 4 nitrogen and oxygen atoms in total. The molecule has 0 saturated heterocycles. The molecule has 0 aliphatic heterocycles. The Bertz CT molecular complexity index is 589. The molecule has 1 atom stereocenters. The summed E-state index contributed by atoms with van der Waals surface area (Å²) in [4.78, 5) is 0. The van der Waals surface area contributed by atoms with E-state index in [9.17, 15) is 8.78 Å². The van der Waals surface area contributed by atoms with Crippen molar-refractivity contribution in [1.82, 2.24) is 9.78 Å². The fourth-order valence-electron chi connectivity index (χ4n) is 2.02. The molecule has 1 heterocycles. The summed E-state index contributed by atoms with van der Waals surface area (Å²) in [5, 5.41) is 4.17. The number of rotatable bonds is 5.